The highest BCUT2D eigenvalue weighted by molar-refractivity contribution is 5.80. The lowest BCUT2D eigenvalue weighted by Crippen LogP contribution is -2.33. The Morgan fingerprint density at radius 3 is 2.40 bits per heavy atom. The molecule has 2 rings (SSSR count). The van der Waals surface area contributed by atoms with E-state index in [1.165, 1.54) is 12.1 Å². The van der Waals surface area contributed by atoms with Gasteiger partial charge in [0.15, 0.2) is 0 Å². The molecule has 0 amide bonds. The number of aromatic nitrogens is 1. The number of nitrogens with two attached hydrogens (primary N) is 1. The maximum absolute atomic E-state index is 13.0. The first-order chi connectivity index (χ1) is 11.7. The number of anilines is 1. The average molecular weight is 352 g/mol. The number of ether oxygens (including phenoxy) is 1. The normalized spacial score (nSPS) is 11.0. The molecule has 10 heteroatoms. The van der Waals surface area contributed by atoms with Gasteiger partial charge in [-0.2, -0.15) is 28.1 Å². The van der Waals surface area contributed by atoms with Gasteiger partial charge < -0.3 is 15.5 Å². The second-order valence-electron chi connectivity index (χ2n) is 4.71. The van der Waals surface area contributed by atoms with Crippen molar-refractivity contribution in [1.82, 2.24) is 4.98 Å². The molecule has 0 aliphatic carbocycles. The lowest BCUT2D eigenvalue weighted by atomic mass is 9.96. The van der Waals surface area contributed by atoms with Crippen molar-refractivity contribution in [2.45, 2.75) is 12.5 Å². The summed E-state index contributed by atoms with van der Waals surface area (Å²) in [6.45, 7) is 0. The Hall–Kier alpha value is -3.53. The van der Waals surface area contributed by atoms with Crippen LogP contribution in [0.15, 0.2) is 29.1 Å². The van der Waals surface area contributed by atoms with E-state index in [1.54, 1.807) is 12.1 Å². The van der Waals surface area contributed by atoms with Crippen LogP contribution in [0, 0.1) is 22.7 Å². The first kappa shape index (κ1) is 17.8. The van der Waals surface area contributed by atoms with Crippen LogP contribution in [0.3, 0.4) is 0 Å². The fourth-order valence-electron chi connectivity index (χ4n) is 2.05. The number of aromatic amines is 1. The number of H-pyrrole nitrogens is 1. The number of halogens is 4. The van der Waals surface area contributed by atoms with Gasteiger partial charge in [0.2, 0.25) is 0 Å². The lowest BCUT2D eigenvalue weighted by molar-refractivity contribution is -0.253. The molecule has 3 N–H and O–H groups in total. The summed E-state index contributed by atoms with van der Waals surface area (Å²) in [7, 11) is 0. The summed E-state index contributed by atoms with van der Waals surface area (Å²) < 4.78 is 54.5. The Morgan fingerprint density at radius 2 is 1.84 bits per heavy atom. The molecule has 0 aliphatic heterocycles. The van der Waals surface area contributed by atoms with E-state index in [0.29, 0.717) is 0 Å². The Labute approximate surface area is 137 Å². The predicted molar refractivity (Wildman–Crippen MR) is 77.9 cm³/mol. The van der Waals surface area contributed by atoms with Crippen LogP contribution in [-0.4, -0.2) is 17.5 Å². The van der Waals surface area contributed by atoms with Gasteiger partial charge >= 0.3 is 12.5 Å². The molecule has 2 aromatic rings. The Morgan fingerprint density at radius 1 is 1.20 bits per heavy atom. The predicted octanol–water partition coefficient (Wildman–Crippen LogP) is 2.60. The Bertz CT molecular complexity index is 957. The SMILES string of the molecule is N#Cc1c(N)[nH]c(=O)c(C#N)c1-c1cccc(OC(F)(F)C(F)F)c1. The highest BCUT2D eigenvalue weighted by Gasteiger charge is 2.44. The number of hydrogen-bond acceptors (Lipinski definition) is 5. The van der Waals surface area contributed by atoms with Crippen LogP contribution in [0.25, 0.3) is 11.1 Å². The average Bonchev–Trinajstić information content (AvgIpc) is 2.54. The number of nitrogens with zero attached hydrogens (tertiary/aromatic N) is 2. The van der Waals surface area contributed by atoms with Crippen LogP contribution in [-0.2, 0) is 0 Å². The van der Waals surface area contributed by atoms with Gasteiger partial charge in [-0.3, -0.25) is 4.79 Å². The van der Waals surface area contributed by atoms with Gasteiger partial charge in [-0.25, -0.2) is 0 Å². The largest absolute Gasteiger partial charge is 0.461 e. The molecule has 25 heavy (non-hydrogen) atoms. The van der Waals surface area contributed by atoms with Crippen molar-refractivity contribution in [3.05, 3.63) is 45.7 Å². The Kier molecular flexibility index (Phi) is 4.65. The minimum Gasteiger partial charge on any atom is -0.428 e. The highest BCUT2D eigenvalue weighted by Crippen LogP contribution is 2.33. The van der Waals surface area contributed by atoms with Crippen molar-refractivity contribution in [1.29, 1.82) is 10.5 Å². The summed E-state index contributed by atoms with van der Waals surface area (Å²) in [6.07, 6.45) is -8.79. The number of nitrogens with one attached hydrogen (secondary N) is 1. The monoisotopic (exact) mass is 352 g/mol. The molecule has 0 spiro atoms. The third-order valence-corrected chi connectivity index (χ3v) is 3.10. The maximum atomic E-state index is 13.0. The van der Waals surface area contributed by atoms with Gasteiger partial charge in [-0.1, -0.05) is 12.1 Å². The molecule has 1 aromatic carbocycles. The van der Waals surface area contributed by atoms with Crippen LogP contribution in [0.2, 0.25) is 0 Å². The van der Waals surface area contributed by atoms with Crippen molar-refractivity contribution in [2.24, 2.45) is 0 Å². The summed E-state index contributed by atoms with van der Waals surface area (Å²) in [4.78, 5) is 13.9. The molecule has 0 aliphatic rings. The second-order valence-corrected chi connectivity index (χ2v) is 4.71. The van der Waals surface area contributed by atoms with E-state index in [0.717, 1.165) is 12.1 Å². The minimum absolute atomic E-state index is 0.0477. The van der Waals surface area contributed by atoms with E-state index >= 15 is 0 Å². The van der Waals surface area contributed by atoms with Crippen molar-refractivity contribution in [2.75, 3.05) is 5.73 Å². The molecule has 0 atom stereocenters. The zero-order valence-corrected chi connectivity index (χ0v) is 12.2. The number of nitriles is 2. The van der Waals surface area contributed by atoms with E-state index in [9.17, 15) is 27.6 Å². The van der Waals surface area contributed by atoms with E-state index < -0.39 is 29.4 Å². The number of rotatable bonds is 4. The fourth-order valence-corrected chi connectivity index (χ4v) is 2.05. The molecule has 0 radical (unpaired) electrons. The topological polar surface area (TPSA) is 116 Å². The standard InChI is InChI=1S/C15H8F4N4O2/c16-14(17)15(18,19)25-8-3-1-2-7(4-8)11-9(5-20)12(22)23-13(24)10(11)6-21/h1-4,14H,(H3,22,23,24). The van der Waals surface area contributed by atoms with E-state index in [2.05, 4.69) is 9.72 Å². The molecule has 1 aromatic heterocycles. The van der Waals surface area contributed by atoms with Crippen molar-refractivity contribution in [3.63, 3.8) is 0 Å². The minimum atomic E-state index is -4.73. The highest BCUT2D eigenvalue weighted by atomic mass is 19.3. The number of pyridine rings is 1. The molecule has 6 nitrogen and oxygen atoms in total. The molecule has 128 valence electrons. The van der Waals surface area contributed by atoms with E-state index in [1.807, 2.05) is 0 Å². The molecule has 0 fully saturated rings. The Balaban J connectivity index is 2.66. The van der Waals surface area contributed by atoms with E-state index in [-0.39, 0.29) is 22.5 Å². The van der Waals surface area contributed by atoms with Gasteiger partial charge in [0, 0.05) is 5.56 Å². The van der Waals surface area contributed by atoms with Crippen LogP contribution in [0.4, 0.5) is 23.4 Å². The van der Waals surface area contributed by atoms with Crippen LogP contribution in [0.5, 0.6) is 5.75 Å². The molecular formula is C15H8F4N4O2. The molecule has 0 saturated carbocycles. The smallest absolute Gasteiger partial charge is 0.428 e. The van der Waals surface area contributed by atoms with Gasteiger partial charge in [-0.15, -0.1) is 0 Å². The first-order valence-corrected chi connectivity index (χ1v) is 6.52. The summed E-state index contributed by atoms with van der Waals surface area (Å²) >= 11 is 0. The zero-order valence-electron chi connectivity index (χ0n) is 12.2. The molecular weight excluding hydrogens is 344 g/mol. The van der Waals surface area contributed by atoms with Crippen molar-refractivity contribution >= 4 is 5.82 Å². The van der Waals surface area contributed by atoms with Gasteiger partial charge in [0.25, 0.3) is 5.56 Å². The molecule has 0 saturated heterocycles. The third kappa shape index (κ3) is 3.38. The van der Waals surface area contributed by atoms with E-state index in [4.69, 9.17) is 11.0 Å². The first-order valence-electron chi connectivity index (χ1n) is 6.52. The zero-order chi connectivity index (χ0) is 18.8. The number of hydrogen-bond donors (Lipinski definition) is 2. The van der Waals surface area contributed by atoms with Crippen LogP contribution in [0.1, 0.15) is 11.1 Å². The summed E-state index contributed by atoms with van der Waals surface area (Å²) in [5.74, 6) is -0.972. The van der Waals surface area contributed by atoms with Crippen molar-refractivity contribution in [3.8, 4) is 29.0 Å². The quantitative estimate of drug-likeness (QED) is 0.821. The summed E-state index contributed by atoms with van der Waals surface area (Å²) in [5, 5.41) is 18.3. The summed E-state index contributed by atoms with van der Waals surface area (Å²) in [6, 6.07) is 7.61. The van der Waals surface area contributed by atoms with Crippen molar-refractivity contribution < 1.29 is 22.3 Å². The van der Waals surface area contributed by atoms with Gasteiger partial charge in [-0.05, 0) is 17.7 Å². The van der Waals surface area contributed by atoms with Crippen LogP contribution < -0.4 is 16.0 Å². The fraction of sp³-hybridized carbons (Fsp3) is 0.133. The molecule has 0 unspecified atom stereocenters. The lowest BCUT2D eigenvalue weighted by Gasteiger charge is -2.17. The maximum Gasteiger partial charge on any atom is 0.461 e. The van der Waals surface area contributed by atoms with Gasteiger partial charge in [0.1, 0.15) is 34.8 Å². The molecule has 1 heterocycles. The van der Waals surface area contributed by atoms with Crippen LogP contribution >= 0.6 is 0 Å². The molecule has 0 bridgehead atoms. The third-order valence-electron chi connectivity index (χ3n) is 3.10. The summed E-state index contributed by atoms with van der Waals surface area (Å²) in [5.41, 5.74) is 3.63. The number of alkyl halides is 4. The second kappa shape index (κ2) is 6.53. The number of benzene rings is 1. The van der Waals surface area contributed by atoms with Gasteiger partial charge in [0.05, 0.1) is 0 Å². The number of nitrogen functional groups attached to an aromatic ring is 1.